The van der Waals surface area contributed by atoms with Crippen LogP contribution in [-0.2, 0) is 16.6 Å². The van der Waals surface area contributed by atoms with Crippen molar-refractivity contribution in [3.8, 4) is 0 Å². The van der Waals surface area contributed by atoms with Crippen LogP contribution in [0.4, 0.5) is 5.69 Å². The van der Waals surface area contributed by atoms with Gasteiger partial charge in [-0.25, -0.2) is 0 Å². The maximum absolute atomic E-state index is 12.1. The van der Waals surface area contributed by atoms with Crippen LogP contribution in [0.15, 0.2) is 29.4 Å². The molecule has 1 aromatic rings. The number of nitrogens with one attached hydrogen (secondary N) is 1. The number of nitrogens with two attached hydrogens (primary N) is 1. The Morgan fingerprint density at radius 1 is 1.30 bits per heavy atom. The molecule has 110 valence electrons. The Morgan fingerprint density at radius 2 is 1.90 bits per heavy atom. The summed E-state index contributed by atoms with van der Waals surface area (Å²) in [6.07, 6.45) is 2.12. The molecule has 0 saturated carbocycles. The van der Waals surface area contributed by atoms with Crippen LogP contribution in [0.3, 0.4) is 0 Å². The van der Waals surface area contributed by atoms with Gasteiger partial charge in [0, 0.05) is 25.2 Å². The van der Waals surface area contributed by atoms with Gasteiger partial charge in [0.05, 0.1) is 0 Å². The molecule has 4 N–H and O–H groups in total. The molecule has 1 fully saturated rings. The Balaban J connectivity index is 2.03. The second kappa shape index (κ2) is 6.10. The number of oxime groups is 1. The molecule has 0 spiro atoms. The molecular formula is C12H18N4O3S. The van der Waals surface area contributed by atoms with Gasteiger partial charge in [-0.3, -0.25) is 4.72 Å². The highest BCUT2D eigenvalue weighted by Crippen LogP contribution is 2.17. The molecule has 1 heterocycles. The number of anilines is 1. The summed E-state index contributed by atoms with van der Waals surface area (Å²) in [7, 11) is -3.46. The van der Waals surface area contributed by atoms with Crippen molar-refractivity contribution in [3.05, 3.63) is 29.8 Å². The summed E-state index contributed by atoms with van der Waals surface area (Å²) < 4.78 is 28.1. The first-order valence-corrected chi connectivity index (χ1v) is 7.78. The second-order valence-electron chi connectivity index (χ2n) is 4.68. The van der Waals surface area contributed by atoms with Gasteiger partial charge in [-0.15, -0.1) is 0 Å². The monoisotopic (exact) mass is 298 g/mol. The summed E-state index contributed by atoms with van der Waals surface area (Å²) >= 11 is 0. The molecule has 0 unspecified atom stereocenters. The van der Waals surface area contributed by atoms with Crippen molar-refractivity contribution in [1.82, 2.24) is 4.31 Å². The summed E-state index contributed by atoms with van der Waals surface area (Å²) in [6.45, 7) is 1.13. The van der Waals surface area contributed by atoms with Gasteiger partial charge in [0.1, 0.15) is 5.84 Å². The van der Waals surface area contributed by atoms with E-state index in [9.17, 15) is 8.42 Å². The normalized spacial score (nSPS) is 17.3. The van der Waals surface area contributed by atoms with E-state index in [0.717, 1.165) is 18.4 Å². The van der Waals surface area contributed by atoms with Gasteiger partial charge in [-0.2, -0.15) is 12.7 Å². The van der Waals surface area contributed by atoms with Crippen molar-refractivity contribution in [2.45, 2.75) is 19.3 Å². The van der Waals surface area contributed by atoms with Crippen LogP contribution in [0, 0.1) is 0 Å². The maximum Gasteiger partial charge on any atom is 0.301 e. The number of hydrogen-bond acceptors (Lipinski definition) is 4. The van der Waals surface area contributed by atoms with Crippen molar-refractivity contribution in [2.75, 3.05) is 17.8 Å². The van der Waals surface area contributed by atoms with Gasteiger partial charge in [0.15, 0.2) is 0 Å². The van der Waals surface area contributed by atoms with Crippen molar-refractivity contribution < 1.29 is 13.6 Å². The lowest BCUT2D eigenvalue weighted by Gasteiger charge is -2.16. The lowest BCUT2D eigenvalue weighted by molar-refractivity contribution is 0.317. The molecule has 1 saturated heterocycles. The van der Waals surface area contributed by atoms with Crippen LogP contribution in [0.25, 0.3) is 0 Å². The largest absolute Gasteiger partial charge is 0.409 e. The smallest absolute Gasteiger partial charge is 0.301 e. The Morgan fingerprint density at radius 3 is 2.45 bits per heavy atom. The highest BCUT2D eigenvalue weighted by molar-refractivity contribution is 7.90. The number of benzene rings is 1. The topological polar surface area (TPSA) is 108 Å². The third kappa shape index (κ3) is 3.61. The van der Waals surface area contributed by atoms with Crippen LogP contribution in [0.5, 0.6) is 0 Å². The van der Waals surface area contributed by atoms with Gasteiger partial charge in [-0.1, -0.05) is 17.3 Å². The molecule has 20 heavy (non-hydrogen) atoms. The molecule has 2 rings (SSSR count). The molecule has 1 aromatic carbocycles. The lowest BCUT2D eigenvalue weighted by Crippen LogP contribution is -2.33. The number of nitrogens with zero attached hydrogens (tertiary/aromatic N) is 2. The number of rotatable bonds is 5. The van der Waals surface area contributed by atoms with E-state index < -0.39 is 10.2 Å². The first-order valence-electron chi connectivity index (χ1n) is 6.34. The number of hydrogen-bond donors (Lipinski definition) is 3. The minimum Gasteiger partial charge on any atom is -0.409 e. The zero-order chi connectivity index (χ0) is 14.6. The van der Waals surface area contributed by atoms with E-state index in [-0.39, 0.29) is 5.84 Å². The SMILES string of the molecule is NC(Cc1ccc(NS(=O)(=O)N2CCCC2)cc1)=NO. The summed E-state index contributed by atoms with van der Waals surface area (Å²) in [5.41, 5.74) is 6.75. The summed E-state index contributed by atoms with van der Waals surface area (Å²) in [5, 5.41) is 11.4. The van der Waals surface area contributed by atoms with E-state index in [1.54, 1.807) is 24.3 Å². The quantitative estimate of drug-likeness (QED) is 0.322. The molecule has 0 atom stereocenters. The highest BCUT2D eigenvalue weighted by Gasteiger charge is 2.24. The van der Waals surface area contributed by atoms with Crippen LogP contribution in [0.1, 0.15) is 18.4 Å². The minimum atomic E-state index is -3.46. The van der Waals surface area contributed by atoms with Gasteiger partial charge >= 0.3 is 10.2 Å². The highest BCUT2D eigenvalue weighted by atomic mass is 32.2. The lowest BCUT2D eigenvalue weighted by atomic mass is 10.1. The standard InChI is InChI=1S/C12H18N4O3S/c13-12(14-17)9-10-3-5-11(6-4-10)15-20(18,19)16-7-1-2-8-16/h3-6,15,17H,1-2,7-9H2,(H2,13,14). The molecule has 0 aliphatic carbocycles. The molecule has 0 amide bonds. The summed E-state index contributed by atoms with van der Waals surface area (Å²) in [6, 6.07) is 6.79. The maximum atomic E-state index is 12.1. The fraction of sp³-hybridized carbons (Fsp3) is 0.417. The van der Waals surface area contributed by atoms with Crippen LogP contribution < -0.4 is 10.5 Å². The Hall–Kier alpha value is -1.80. The first kappa shape index (κ1) is 14.6. The first-order chi connectivity index (χ1) is 9.51. The van der Waals surface area contributed by atoms with E-state index in [2.05, 4.69) is 9.88 Å². The van der Waals surface area contributed by atoms with Gasteiger partial charge in [-0.05, 0) is 30.5 Å². The van der Waals surface area contributed by atoms with Crippen LogP contribution in [0.2, 0.25) is 0 Å². The van der Waals surface area contributed by atoms with E-state index in [4.69, 9.17) is 10.9 Å². The molecule has 0 radical (unpaired) electrons. The van der Waals surface area contributed by atoms with Gasteiger partial charge in [0.25, 0.3) is 0 Å². The molecule has 0 aromatic heterocycles. The Bertz CT molecular complexity index is 577. The zero-order valence-electron chi connectivity index (χ0n) is 11.0. The molecule has 8 heteroatoms. The van der Waals surface area contributed by atoms with E-state index in [1.807, 2.05) is 0 Å². The van der Waals surface area contributed by atoms with E-state index in [1.165, 1.54) is 4.31 Å². The predicted octanol–water partition coefficient (Wildman–Crippen LogP) is 0.728. The molecular weight excluding hydrogens is 280 g/mol. The molecule has 1 aliphatic rings. The van der Waals surface area contributed by atoms with Crippen molar-refractivity contribution in [2.24, 2.45) is 10.9 Å². The fourth-order valence-corrected chi connectivity index (χ4v) is 3.38. The van der Waals surface area contributed by atoms with E-state index in [0.29, 0.717) is 25.2 Å². The fourth-order valence-electron chi connectivity index (χ4n) is 2.08. The third-order valence-corrected chi connectivity index (χ3v) is 4.66. The molecule has 1 aliphatic heterocycles. The minimum absolute atomic E-state index is 0.107. The Labute approximate surface area is 118 Å². The van der Waals surface area contributed by atoms with E-state index >= 15 is 0 Å². The van der Waals surface area contributed by atoms with Gasteiger partial charge < -0.3 is 10.9 Å². The third-order valence-electron chi connectivity index (χ3n) is 3.12. The summed E-state index contributed by atoms with van der Waals surface area (Å²) in [5.74, 6) is 0.107. The van der Waals surface area contributed by atoms with Crippen molar-refractivity contribution >= 4 is 21.7 Å². The van der Waals surface area contributed by atoms with Crippen molar-refractivity contribution in [3.63, 3.8) is 0 Å². The summed E-state index contributed by atoms with van der Waals surface area (Å²) in [4.78, 5) is 0. The number of amidine groups is 1. The predicted molar refractivity (Wildman–Crippen MR) is 76.9 cm³/mol. The average Bonchev–Trinajstić information content (AvgIpc) is 2.95. The zero-order valence-corrected chi connectivity index (χ0v) is 11.8. The second-order valence-corrected chi connectivity index (χ2v) is 6.35. The Kier molecular flexibility index (Phi) is 4.46. The van der Waals surface area contributed by atoms with Gasteiger partial charge in [0.2, 0.25) is 0 Å². The molecule has 7 nitrogen and oxygen atoms in total. The van der Waals surface area contributed by atoms with Crippen LogP contribution >= 0.6 is 0 Å². The average molecular weight is 298 g/mol. The van der Waals surface area contributed by atoms with Crippen molar-refractivity contribution in [1.29, 1.82) is 0 Å². The van der Waals surface area contributed by atoms with Crippen LogP contribution in [-0.4, -0.2) is 36.9 Å². The molecule has 0 bridgehead atoms.